The minimum atomic E-state index is -0.132. The van der Waals surface area contributed by atoms with Crippen LogP contribution in [0.2, 0.25) is 10.0 Å². The molecule has 1 fully saturated rings. The van der Waals surface area contributed by atoms with Crippen LogP contribution in [0, 0.1) is 5.92 Å². The highest BCUT2D eigenvalue weighted by molar-refractivity contribution is 6.36. The van der Waals surface area contributed by atoms with Crippen molar-refractivity contribution in [2.24, 2.45) is 5.92 Å². The molecule has 3 aromatic carbocycles. The third kappa shape index (κ3) is 6.05. The Balaban J connectivity index is 1.16. The van der Waals surface area contributed by atoms with Crippen molar-refractivity contribution < 1.29 is 14.1 Å². The van der Waals surface area contributed by atoms with Crippen LogP contribution in [0.5, 0.6) is 11.5 Å². The van der Waals surface area contributed by atoms with E-state index < -0.39 is 0 Å². The molecule has 9 heteroatoms. The molecule has 1 unspecified atom stereocenters. The van der Waals surface area contributed by atoms with Crippen molar-refractivity contribution in [1.82, 2.24) is 15.0 Å². The molecule has 2 heterocycles. The first kappa shape index (κ1) is 24.3. The molecule has 1 aliphatic heterocycles. The number of rotatable bonds is 7. The molecule has 1 atom stereocenters. The molecule has 4 aromatic rings. The van der Waals surface area contributed by atoms with Crippen molar-refractivity contribution in [3.63, 3.8) is 0 Å². The summed E-state index contributed by atoms with van der Waals surface area (Å²) in [5.41, 5.74) is 1.39. The summed E-state index contributed by atoms with van der Waals surface area (Å²) < 4.78 is 11.3. The third-order valence-electron chi connectivity index (χ3n) is 5.98. The number of hydrogen-bond acceptors (Lipinski definition) is 6. The van der Waals surface area contributed by atoms with Gasteiger partial charge in [-0.3, -0.25) is 9.69 Å². The molecule has 1 saturated heterocycles. The number of nitrogens with one attached hydrogen (secondary N) is 1. The summed E-state index contributed by atoms with van der Waals surface area (Å²) >= 11 is 12.2. The molecule has 1 aliphatic rings. The summed E-state index contributed by atoms with van der Waals surface area (Å²) in [6.45, 7) is 1.93. The smallest absolute Gasteiger partial charge is 0.241 e. The van der Waals surface area contributed by atoms with Gasteiger partial charge in [-0.2, -0.15) is 4.98 Å². The Bertz CT molecular complexity index is 1330. The Morgan fingerprint density at radius 3 is 2.61 bits per heavy atom. The van der Waals surface area contributed by atoms with Crippen molar-refractivity contribution in [3.8, 4) is 22.9 Å². The van der Waals surface area contributed by atoms with E-state index in [0.29, 0.717) is 46.2 Å². The highest BCUT2D eigenvalue weighted by Crippen LogP contribution is 2.29. The molecule has 1 aromatic heterocycles. The van der Waals surface area contributed by atoms with Crippen LogP contribution >= 0.6 is 23.2 Å². The Hall–Kier alpha value is -3.39. The zero-order chi connectivity index (χ0) is 24.9. The van der Waals surface area contributed by atoms with Crippen molar-refractivity contribution >= 4 is 34.8 Å². The van der Waals surface area contributed by atoms with Gasteiger partial charge in [-0.05, 0) is 74.0 Å². The zero-order valence-electron chi connectivity index (χ0n) is 19.4. The molecular formula is C27H24Cl2N4O3. The van der Waals surface area contributed by atoms with Crippen molar-refractivity contribution in [2.75, 3.05) is 18.4 Å². The van der Waals surface area contributed by atoms with Crippen molar-refractivity contribution in [3.05, 3.63) is 88.7 Å². The average molecular weight is 523 g/mol. The SMILES string of the molecule is O=C(Nc1ccc(Oc2ccccc2)cc1)C1CCCN(Cc2nc(-c3ccc(Cl)cc3Cl)no2)C1. The van der Waals surface area contributed by atoms with Crippen LogP contribution in [-0.2, 0) is 11.3 Å². The van der Waals surface area contributed by atoms with Crippen LogP contribution in [0.25, 0.3) is 11.4 Å². The number of carbonyl (C=O) groups excluding carboxylic acids is 1. The second-order valence-corrected chi connectivity index (χ2v) is 9.48. The standard InChI is InChI=1S/C27H24Cl2N4O3/c28-19-8-13-23(24(29)15-19)26-31-25(36-32-26)17-33-14-4-5-18(16-33)27(34)30-20-9-11-22(12-10-20)35-21-6-2-1-3-7-21/h1-3,6-13,15,18H,4-5,14,16-17H2,(H,30,34). The molecule has 1 amide bonds. The second kappa shape index (κ2) is 11.1. The largest absolute Gasteiger partial charge is 0.457 e. The normalized spacial score (nSPS) is 16.0. The van der Waals surface area contributed by atoms with E-state index >= 15 is 0 Å². The molecule has 0 bridgehead atoms. The number of anilines is 1. The van der Waals surface area contributed by atoms with Crippen LogP contribution < -0.4 is 10.1 Å². The van der Waals surface area contributed by atoms with E-state index in [2.05, 4.69) is 20.4 Å². The summed E-state index contributed by atoms with van der Waals surface area (Å²) in [6.07, 6.45) is 1.74. The highest BCUT2D eigenvalue weighted by Gasteiger charge is 2.27. The predicted octanol–water partition coefficient (Wildman–Crippen LogP) is 6.69. The summed E-state index contributed by atoms with van der Waals surface area (Å²) in [7, 11) is 0. The lowest BCUT2D eigenvalue weighted by atomic mass is 9.97. The number of para-hydroxylation sites is 1. The number of nitrogens with zero attached hydrogens (tertiary/aromatic N) is 3. The monoisotopic (exact) mass is 522 g/mol. The maximum atomic E-state index is 12.9. The highest BCUT2D eigenvalue weighted by atomic mass is 35.5. The van der Waals surface area contributed by atoms with Gasteiger partial charge in [-0.1, -0.05) is 46.6 Å². The number of amides is 1. The Morgan fingerprint density at radius 1 is 1.06 bits per heavy atom. The Morgan fingerprint density at radius 2 is 1.83 bits per heavy atom. The van der Waals surface area contributed by atoms with Gasteiger partial charge in [0.2, 0.25) is 17.6 Å². The van der Waals surface area contributed by atoms with Crippen LogP contribution in [-0.4, -0.2) is 34.0 Å². The van der Waals surface area contributed by atoms with E-state index in [1.165, 1.54) is 0 Å². The molecule has 184 valence electrons. The first-order valence-corrected chi connectivity index (χ1v) is 12.4. The number of aromatic nitrogens is 2. The quantitative estimate of drug-likeness (QED) is 0.291. The molecule has 1 N–H and O–H groups in total. The second-order valence-electron chi connectivity index (χ2n) is 8.64. The first-order valence-electron chi connectivity index (χ1n) is 11.7. The molecule has 36 heavy (non-hydrogen) atoms. The van der Waals surface area contributed by atoms with Gasteiger partial charge in [0.15, 0.2) is 0 Å². The molecule has 0 spiro atoms. The van der Waals surface area contributed by atoms with Crippen LogP contribution in [0.4, 0.5) is 5.69 Å². The molecule has 7 nitrogen and oxygen atoms in total. The van der Waals surface area contributed by atoms with Gasteiger partial charge in [0, 0.05) is 22.8 Å². The number of carbonyl (C=O) groups is 1. The molecule has 0 radical (unpaired) electrons. The summed E-state index contributed by atoms with van der Waals surface area (Å²) in [5.74, 6) is 2.23. The average Bonchev–Trinajstić information content (AvgIpc) is 3.34. The fraction of sp³-hybridized carbons (Fsp3) is 0.222. The lowest BCUT2D eigenvalue weighted by molar-refractivity contribution is -0.121. The number of ether oxygens (including phenoxy) is 1. The lowest BCUT2D eigenvalue weighted by Gasteiger charge is -2.30. The lowest BCUT2D eigenvalue weighted by Crippen LogP contribution is -2.40. The third-order valence-corrected chi connectivity index (χ3v) is 6.52. The van der Waals surface area contributed by atoms with Gasteiger partial charge in [0.05, 0.1) is 17.5 Å². The fourth-order valence-corrected chi connectivity index (χ4v) is 4.67. The first-order chi connectivity index (χ1) is 17.5. The number of likely N-dealkylation sites (tertiary alicyclic amines) is 1. The van der Waals surface area contributed by atoms with Gasteiger partial charge in [0.1, 0.15) is 11.5 Å². The molecule has 5 rings (SSSR count). The topological polar surface area (TPSA) is 80.5 Å². The zero-order valence-corrected chi connectivity index (χ0v) is 20.9. The van der Waals surface area contributed by atoms with Gasteiger partial charge in [-0.15, -0.1) is 0 Å². The van der Waals surface area contributed by atoms with Gasteiger partial charge in [-0.25, -0.2) is 0 Å². The minimum absolute atomic E-state index is 0.00408. The van der Waals surface area contributed by atoms with Gasteiger partial charge >= 0.3 is 0 Å². The molecular weight excluding hydrogens is 499 g/mol. The predicted molar refractivity (Wildman–Crippen MR) is 139 cm³/mol. The van der Waals surface area contributed by atoms with E-state index in [1.54, 1.807) is 18.2 Å². The van der Waals surface area contributed by atoms with E-state index in [-0.39, 0.29) is 11.8 Å². The minimum Gasteiger partial charge on any atom is -0.457 e. The number of benzene rings is 3. The van der Waals surface area contributed by atoms with Crippen LogP contribution in [0.3, 0.4) is 0 Å². The van der Waals surface area contributed by atoms with Crippen molar-refractivity contribution in [1.29, 1.82) is 0 Å². The number of piperidine rings is 1. The Labute approximate surface area is 219 Å². The van der Waals surface area contributed by atoms with E-state index in [0.717, 1.165) is 30.8 Å². The number of halogens is 2. The van der Waals surface area contributed by atoms with Gasteiger partial charge in [0.25, 0.3) is 0 Å². The van der Waals surface area contributed by atoms with E-state index in [4.69, 9.17) is 32.5 Å². The fourth-order valence-electron chi connectivity index (χ4n) is 4.18. The summed E-state index contributed by atoms with van der Waals surface area (Å²) in [4.78, 5) is 19.6. The van der Waals surface area contributed by atoms with Gasteiger partial charge < -0.3 is 14.6 Å². The maximum Gasteiger partial charge on any atom is 0.241 e. The molecule has 0 aliphatic carbocycles. The van der Waals surface area contributed by atoms with Crippen LogP contribution in [0.1, 0.15) is 18.7 Å². The number of hydrogen-bond donors (Lipinski definition) is 1. The van der Waals surface area contributed by atoms with E-state index in [1.807, 2.05) is 54.6 Å². The summed E-state index contributed by atoms with van der Waals surface area (Å²) in [5, 5.41) is 8.09. The van der Waals surface area contributed by atoms with E-state index in [9.17, 15) is 4.79 Å². The summed E-state index contributed by atoms with van der Waals surface area (Å²) in [6, 6.07) is 22.1. The van der Waals surface area contributed by atoms with Crippen LogP contribution in [0.15, 0.2) is 77.3 Å². The Kier molecular flexibility index (Phi) is 7.51. The van der Waals surface area contributed by atoms with Crippen molar-refractivity contribution in [2.45, 2.75) is 19.4 Å². The molecule has 0 saturated carbocycles. The maximum absolute atomic E-state index is 12.9.